The molecule has 6 nitrogen and oxygen atoms in total. The van der Waals surface area contributed by atoms with Gasteiger partial charge in [-0.1, -0.05) is 20.8 Å². The maximum absolute atomic E-state index is 12.3. The number of urea groups is 1. The van der Waals surface area contributed by atoms with Crippen molar-refractivity contribution in [3.05, 3.63) is 0 Å². The third-order valence-corrected chi connectivity index (χ3v) is 5.08. The van der Waals surface area contributed by atoms with E-state index in [-0.39, 0.29) is 30.1 Å². The number of carboxylic acids is 1. The number of amides is 2. The molecule has 0 radical (unpaired) electrons. The van der Waals surface area contributed by atoms with Gasteiger partial charge in [-0.05, 0) is 26.2 Å². The van der Waals surface area contributed by atoms with Crippen molar-refractivity contribution >= 4 is 12.0 Å². The number of nitrogens with zero attached hydrogens (tertiary/aromatic N) is 1. The number of hydrogen-bond donors (Lipinski definition) is 2. The van der Waals surface area contributed by atoms with E-state index in [1.54, 1.807) is 14.0 Å². The van der Waals surface area contributed by atoms with Crippen LogP contribution in [0.3, 0.4) is 0 Å². The summed E-state index contributed by atoms with van der Waals surface area (Å²) in [5.74, 6) is -1.47. The lowest BCUT2D eigenvalue weighted by atomic mass is 9.58. The first-order chi connectivity index (χ1) is 10.3. The van der Waals surface area contributed by atoms with Gasteiger partial charge >= 0.3 is 12.0 Å². The average Bonchev–Trinajstić information content (AvgIpc) is 2.47. The molecule has 0 aromatic carbocycles. The molecule has 2 N–H and O–H groups in total. The number of carbonyl (C=O) groups excluding carboxylic acids is 1. The Hall–Kier alpha value is -1.30. The molecule has 2 amide bonds. The highest BCUT2D eigenvalue weighted by atomic mass is 16.5. The molecule has 0 aromatic heterocycles. The summed E-state index contributed by atoms with van der Waals surface area (Å²) in [4.78, 5) is 24.6. The first-order valence-corrected chi connectivity index (χ1v) is 8.18. The molecule has 22 heavy (non-hydrogen) atoms. The van der Waals surface area contributed by atoms with Gasteiger partial charge in [0.2, 0.25) is 0 Å². The van der Waals surface area contributed by atoms with Gasteiger partial charge in [-0.25, -0.2) is 4.79 Å². The summed E-state index contributed by atoms with van der Waals surface area (Å²) in [5.41, 5.74) is -0.00900. The number of nitrogens with one attached hydrogen (secondary N) is 1. The molecule has 6 heteroatoms. The fourth-order valence-electron chi connectivity index (χ4n) is 3.41. The van der Waals surface area contributed by atoms with Crippen molar-refractivity contribution in [1.82, 2.24) is 10.2 Å². The van der Waals surface area contributed by atoms with E-state index in [1.165, 1.54) is 4.90 Å². The van der Waals surface area contributed by atoms with Gasteiger partial charge in [-0.3, -0.25) is 4.79 Å². The highest BCUT2D eigenvalue weighted by molar-refractivity contribution is 5.76. The second-order valence-electron chi connectivity index (χ2n) is 6.24. The molecular weight excluding hydrogens is 284 g/mol. The first-order valence-electron chi connectivity index (χ1n) is 8.18. The van der Waals surface area contributed by atoms with Crippen LogP contribution in [0.5, 0.6) is 0 Å². The van der Waals surface area contributed by atoms with Gasteiger partial charge in [-0.15, -0.1) is 0 Å². The van der Waals surface area contributed by atoms with Gasteiger partial charge in [0.15, 0.2) is 0 Å². The summed E-state index contributed by atoms with van der Waals surface area (Å²) in [6, 6.07) is -0.117. The molecule has 0 aromatic rings. The minimum absolute atomic E-state index is 0.00900. The molecule has 128 valence electrons. The molecule has 0 aliphatic heterocycles. The zero-order valence-electron chi connectivity index (χ0n) is 14.4. The lowest BCUT2D eigenvalue weighted by molar-refractivity contribution is -0.141. The van der Waals surface area contributed by atoms with E-state index in [0.717, 1.165) is 19.3 Å². The Labute approximate surface area is 133 Å². The summed E-state index contributed by atoms with van der Waals surface area (Å²) in [5, 5.41) is 12.0. The van der Waals surface area contributed by atoms with Crippen molar-refractivity contribution in [3.63, 3.8) is 0 Å². The van der Waals surface area contributed by atoms with Crippen LogP contribution in [-0.2, 0) is 9.53 Å². The van der Waals surface area contributed by atoms with Crippen LogP contribution in [0.2, 0.25) is 0 Å². The fraction of sp³-hybridized carbons (Fsp3) is 0.875. The van der Waals surface area contributed by atoms with Crippen LogP contribution in [0, 0.1) is 11.3 Å². The van der Waals surface area contributed by atoms with Gasteiger partial charge in [0, 0.05) is 31.7 Å². The Morgan fingerprint density at radius 2 is 1.95 bits per heavy atom. The van der Waals surface area contributed by atoms with Gasteiger partial charge in [0.1, 0.15) is 0 Å². The molecule has 0 spiro atoms. The number of carbonyl (C=O) groups is 2. The highest BCUT2D eigenvalue weighted by Crippen LogP contribution is 2.48. The normalized spacial score (nSPS) is 24.2. The number of rotatable bonds is 8. The SMILES string of the molecule is CCOC1CC(NC(=O)N(C)CC(C)C(=O)O)C1(CC)CC. The van der Waals surface area contributed by atoms with E-state index in [9.17, 15) is 9.59 Å². The Morgan fingerprint density at radius 3 is 2.41 bits per heavy atom. The molecule has 0 bridgehead atoms. The highest BCUT2D eigenvalue weighted by Gasteiger charge is 2.54. The maximum Gasteiger partial charge on any atom is 0.317 e. The van der Waals surface area contributed by atoms with Gasteiger partial charge in [0.05, 0.1) is 12.0 Å². The summed E-state index contributed by atoms with van der Waals surface area (Å²) in [6.07, 6.45) is 2.92. The molecule has 1 aliphatic rings. The molecule has 1 fully saturated rings. The van der Waals surface area contributed by atoms with Crippen LogP contribution in [0.15, 0.2) is 0 Å². The minimum atomic E-state index is -0.892. The largest absolute Gasteiger partial charge is 0.481 e. The smallest absolute Gasteiger partial charge is 0.317 e. The molecule has 3 unspecified atom stereocenters. The second-order valence-corrected chi connectivity index (χ2v) is 6.24. The van der Waals surface area contributed by atoms with Crippen molar-refractivity contribution in [2.45, 2.75) is 59.1 Å². The van der Waals surface area contributed by atoms with Crippen LogP contribution in [-0.4, -0.2) is 54.4 Å². The van der Waals surface area contributed by atoms with Crippen LogP contribution in [0.25, 0.3) is 0 Å². The number of aliphatic carboxylic acids is 1. The monoisotopic (exact) mass is 314 g/mol. The third-order valence-electron chi connectivity index (χ3n) is 5.08. The fourth-order valence-corrected chi connectivity index (χ4v) is 3.41. The van der Waals surface area contributed by atoms with E-state index >= 15 is 0 Å². The van der Waals surface area contributed by atoms with E-state index < -0.39 is 11.9 Å². The first kappa shape index (κ1) is 18.7. The quantitative estimate of drug-likeness (QED) is 0.721. The van der Waals surface area contributed by atoms with Crippen molar-refractivity contribution in [3.8, 4) is 0 Å². The van der Waals surface area contributed by atoms with E-state index in [4.69, 9.17) is 9.84 Å². The Bertz CT molecular complexity index is 396. The molecular formula is C16H30N2O4. The molecule has 0 heterocycles. The zero-order chi connectivity index (χ0) is 16.9. The molecule has 1 saturated carbocycles. The number of hydrogen-bond acceptors (Lipinski definition) is 3. The maximum atomic E-state index is 12.3. The summed E-state index contributed by atoms with van der Waals surface area (Å²) in [7, 11) is 1.63. The molecule has 3 atom stereocenters. The van der Waals surface area contributed by atoms with Gasteiger partial charge in [-0.2, -0.15) is 0 Å². The Balaban J connectivity index is 2.62. The van der Waals surface area contributed by atoms with E-state index in [1.807, 2.05) is 6.92 Å². The lowest BCUT2D eigenvalue weighted by Gasteiger charge is -2.55. The number of ether oxygens (including phenoxy) is 1. The van der Waals surface area contributed by atoms with Crippen LogP contribution >= 0.6 is 0 Å². The van der Waals surface area contributed by atoms with Gasteiger partial charge < -0.3 is 20.1 Å². The van der Waals surface area contributed by atoms with Crippen molar-refractivity contribution in [2.24, 2.45) is 11.3 Å². The van der Waals surface area contributed by atoms with Crippen LogP contribution in [0.4, 0.5) is 4.79 Å². The molecule has 0 saturated heterocycles. The standard InChI is InChI=1S/C16H30N2O4/c1-6-16(7-2)12(9-13(16)22-8-3)17-15(21)18(5)10-11(4)14(19)20/h11-13H,6-10H2,1-5H3,(H,17,21)(H,19,20). The second kappa shape index (κ2) is 7.81. The zero-order valence-corrected chi connectivity index (χ0v) is 14.4. The predicted octanol–water partition coefficient (Wildman–Crippen LogP) is 2.33. The van der Waals surface area contributed by atoms with Crippen molar-refractivity contribution in [2.75, 3.05) is 20.2 Å². The number of carboxylic acid groups (broad SMARTS) is 1. The predicted molar refractivity (Wildman–Crippen MR) is 84.8 cm³/mol. The minimum Gasteiger partial charge on any atom is -0.481 e. The molecule has 1 rings (SSSR count). The van der Waals surface area contributed by atoms with Crippen molar-refractivity contribution in [1.29, 1.82) is 0 Å². The lowest BCUT2D eigenvalue weighted by Crippen LogP contribution is -2.65. The summed E-state index contributed by atoms with van der Waals surface area (Å²) in [6.45, 7) is 8.73. The van der Waals surface area contributed by atoms with Crippen LogP contribution in [0.1, 0.15) is 47.0 Å². The van der Waals surface area contributed by atoms with Crippen LogP contribution < -0.4 is 5.32 Å². The Kier molecular flexibility index (Phi) is 6.66. The summed E-state index contributed by atoms with van der Waals surface area (Å²) < 4.78 is 5.80. The third kappa shape index (κ3) is 3.72. The molecule has 1 aliphatic carbocycles. The average molecular weight is 314 g/mol. The van der Waals surface area contributed by atoms with Crippen molar-refractivity contribution < 1.29 is 19.4 Å². The summed E-state index contributed by atoms with van der Waals surface area (Å²) >= 11 is 0. The van der Waals surface area contributed by atoms with Gasteiger partial charge in [0.25, 0.3) is 0 Å². The van der Waals surface area contributed by atoms with E-state index in [0.29, 0.717) is 6.61 Å². The Morgan fingerprint density at radius 1 is 1.36 bits per heavy atom. The topological polar surface area (TPSA) is 78.9 Å². The van der Waals surface area contributed by atoms with E-state index in [2.05, 4.69) is 19.2 Å².